The topological polar surface area (TPSA) is 47.0 Å². The standard InChI is InChI=1S/C12H12BrN3O/c1-17-12-3-10(13)2-11(4-12)16-7-9-5-14-8-15-6-9/h2-6,8,16H,7H2,1H3. The number of hydrogen-bond acceptors (Lipinski definition) is 4. The van der Waals surface area contributed by atoms with Crippen molar-refractivity contribution in [1.82, 2.24) is 9.97 Å². The van der Waals surface area contributed by atoms with Crippen molar-refractivity contribution >= 4 is 21.6 Å². The van der Waals surface area contributed by atoms with Gasteiger partial charge in [-0.3, -0.25) is 0 Å². The number of aromatic nitrogens is 2. The Morgan fingerprint density at radius 1 is 1.24 bits per heavy atom. The summed E-state index contributed by atoms with van der Waals surface area (Å²) in [5.74, 6) is 0.811. The highest BCUT2D eigenvalue weighted by Crippen LogP contribution is 2.24. The molecule has 0 unspecified atom stereocenters. The Labute approximate surface area is 108 Å². The molecule has 0 saturated carbocycles. The van der Waals surface area contributed by atoms with Gasteiger partial charge >= 0.3 is 0 Å². The minimum absolute atomic E-state index is 0.681. The molecular formula is C12H12BrN3O. The van der Waals surface area contributed by atoms with Crippen LogP contribution in [0.4, 0.5) is 5.69 Å². The van der Waals surface area contributed by atoms with Crippen LogP contribution in [0.5, 0.6) is 5.75 Å². The average molecular weight is 294 g/mol. The van der Waals surface area contributed by atoms with Gasteiger partial charge in [-0.15, -0.1) is 0 Å². The number of hydrogen-bond donors (Lipinski definition) is 1. The predicted octanol–water partition coefficient (Wildman–Crippen LogP) is 2.86. The molecule has 17 heavy (non-hydrogen) atoms. The van der Waals surface area contributed by atoms with E-state index in [-0.39, 0.29) is 0 Å². The van der Waals surface area contributed by atoms with E-state index in [2.05, 4.69) is 31.2 Å². The fraction of sp³-hybridized carbons (Fsp3) is 0.167. The second-order valence-corrected chi connectivity index (χ2v) is 4.40. The molecule has 0 aliphatic heterocycles. The van der Waals surface area contributed by atoms with Crippen LogP contribution in [0, 0.1) is 0 Å². The van der Waals surface area contributed by atoms with Gasteiger partial charge in [-0.2, -0.15) is 0 Å². The van der Waals surface area contributed by atoms with Gasteiger partial charge < -0.3 is 10.1 Å². The normalized spacial score (nSPS) is 10.0. The predicted molar refractivity (Wildman–Crippen MR) is 70.1 cm³/mol. The monoisotopic (exact) mass is 293 g/mol. The summed E-state index contributed by atoms with van der Waals surface area (Å²) in [4.78, 5) is 7.93. The van der Waals surface area contributed by atoms with Gasteiger partial charge in [0, 0.05) is 40.7 Å². The summed E-state index contributed by atoms with van der Waals surface area (Å²) < 4.78 is 6.17. The second kappa shape index (κ2) is 5.63. The number of ether oxygens (including phenoxy) is 1. The summed E-state index contributed by atoms with van der Waals surface area (Å²) in [6.07, 6.45) is 5.09. The van der Waals surface area contributed by atoms with Crippen molar-refractivity contribution in [1.29, 1.82) is 0 Å². The van der Waals surface area contributed by atoms with Crippen LogP contribution in [0.15, 0.2) is 41.4 Å². The lowest BCUT2D eigenvalue weighted by Gasteiger charge is -2.08. The molecule has 1 aromatic carbocycles. The van der Waals surface area contributed by atoms with Gasteiger partial charge in [0.15, 0.2) is 0 Å². The molecule has 2 aromatic rings. The highest BCUT2D eigenvalue weighted by molar-refractivity contribution is 9.10. The van der Waals surface area contributed by atoms with E-state index in [0.717, 1.165) is 21.5 Å². The Morgan fingerprint density at radius 2 is 2.00 bits per heavy atom. The highest BCUT2D eigenvalue weighted by atomic mass is 79.9. The first kappa shape index (κ1) is 11.9. The Kier molecular flexibility index (Phi) is 3.93. The zero-order chi connectivity index (χ0) is 12.1. The van der Waals surface area contributed by atoms with E-state index in [4.69, 9.17) is 4.74 Å². The van der Waals surface area contributed by atoms with E-state index >= 15 is 0 Å². The van der Waals surface area contributed by atoms with Gasteiger partial charge in [0.05, 0.1) is 7.11 Å². The summed E-state index contributed by atoms with van der Waals surface area (Å²) >= 11 is 3.44. The molecule has 1 N–H and O–H groups in total. The van der Waals surface area contributed by atoms with E-state index in [1.165, 1.54) is 6.33 Å². The van der Waals surface area contributed by atoms with E-state index in [9.17, 15) is 0 Å². The van der Waals surface area contributed by atoms with Gasteiger partial charge in [0.25, 0.3) is 0 Å². The van der Waals surface area contributed by atoms with Crippen molar-refractivity contribution in [3.8, 4) is 5.75 Å². The molecule has 4 nitrogen and oxygen atoms in total. The van der Waals surface area contributed by atoms with Gasteiger partial charge in [-0.1, -0.05) is 15.9 Å². The lowest BCUT2D eigenvalue weighted by atomic mass is 10.3. The maximum Gasteiger partial charge on any atom is 0.122 e. The molecule has 0 amide bonds. The van der Waals surface area contributed by atoms with Crippen molar-refractivity contribution in [2.75, 3.05) is 12.4 Å². The molecule has 0 radical (unpaired) electrons. The lowest BCUT2D eigenvalue weighted by Crippen LogP contribution is -2.00. The summed E-state index contributed by atoms with van der Waals surface area (Å²) in [6, 6.07) is 5.84. The summed E-state index contributed by atoms with van der Waals surface area (Å²) in [5.41, 5.74) is 2.02. The number of halogens is 1. The molecule has 0 fully saturated rings. The molecule has 0 aliphatic rings. The molecule has 2 rings (SSSR count). The van der Waals surface area contributed by atoms with Gasteiger partial charge in [-0.25, -0.2) is 9.97 Å². The maximum atomic E-state index is 5.19. The SMILES string of the molecule is COc1cc(Br)cc(NCc2cncnc2)c1. The van der Waals surface area contributed by atoms with Crippen LogP contribution < -0.4 is 10.1 Å². The quantitative estimate of drug-likeness (QED) is 0.942. The van der Waals surface area contributed by atoms with Crippen molar-refractivity contribution < 1.29 is 4.74 Å². The summed E-state index contributed by atoms with van der Waals surface area (Å²) in [7, 11) is 1.65. The Bertz CT molecular complexity index is 490. The number of nitrogens with one attached hydrogen (secondary N) is 1. The molecule has 0 saturated heterocycles. The third-order valence-electron chi connectivity index (χ3n) is 2.22. The Morgan fingerprint density at radius 3 is 2.71 bits per heavy atom. The van der Waals surface area contributed by atoms with E-state index in [0.29, 0.717) is 6.54 Å². The van der Waals surface area contributed by atoms with E-state index < -0.39 is 0 Å². The summed E-state index contributed by atoms with van der Waals surface area (Å²) in [5, 5.41) is 3.29. The van der Waals surface area contributed by atoms with Crippen LogP contribution in [0.1, 0.15) is 5.56 Å². The molecular weight excluding hydrogens is 282 g/mol. The van der Waals surface area contributed by atoms with Gasteiger partial charge in [0.1, 0.15) is 12.1 Å². The molecule has 0 atom stereocenters. The first-order valence-corrected chi connectivity index (χ1v) is 5.89. The first-order valence-electron chi connectivity index (χ1n) is 5.10. The lowest BCUT2D eigenvalue weighted by molar-refractivity contribution is 0.414. The van der Waals surface area contributed by atoms with Crippen LogP contribution in [0.2, 0.25) is 0 Å². The van der Waals surface area contributed by atoms with Gasteiger partial charge in [0.2, 0.25) is 0 Å². The molecule has 88 valence electrons. The van der Waals surface area contributed by atoms with E-state index in [1.807, 2.05) is 18.2 Å². The van der Waals surface area contributed by atoms with Crippen LogP contribution >= 0.6 is 15.9 Å². The number of benzene rings is 1. The third-order valence-corrected chi connectivity index (χ3v) is 2.68. The Balaban J connectivity index is 2.06. The smallest absolute Gasteiger partial charge is 0.122 e. The van der Waals surface area contributed by atoms with Crippen molar-refractivity contribution in [3.63, 3.8) is 0 Å². The molecule has 1 aromatic heterocycles. The molecule has 0 spiro atoms. The van der Waals surface area contributed by atoms with Crippen LogP contribution in [0.25, 0.3) is 0 Å². The Hall–Kier alpha value is -1.62. The zero-order valence-corrected chi connectivity index (χ0v) is 10.9. The van der Waals surface area contributed by atoms with Gasteiger partial charge in [-0.05, 0) is 12.1 Å². The van der Waals surface area contributed by atoms with Crippen LogP contribution in [-0.4, -0.2) is 17.1 Å². The minimum atomic E-state index is 0.681. The van der Waals surface area contributed by atoms with Crippen molar-refractivity contribution in [2.24, 2.45) is 0 Å². The van der Waals surface area contributed by atoms with Crippen LogP contribution in [0.3, 0.4) is 0 Å². The first-order chi connectivity index (χ1) is 8.28. The number of anilines is 1. The fourth-order valence-corrected chi connectivity index (χ4v) is 1.88. The van der Waals surface area contributed by atoms with Crippen LogP contribution in [-0.2, 0) is 6.54 Å². The highest BCUT2D eigenvalue weighted by Gasteiger charge is 1.99. The summed E-state index contributed by atoms with van der Waals surface area (Å²) in [6.45, 7) is 0.681. The zero-order valence-electron chi connectivity index (χ0n) is 9.35. The van der Waals surface area contributed by atoms with Crippen molar-refractivity contribution in [2.45, 2.75) is 6.54 Å². The van der Waals surface area contributed by atoms with E-state index in [1.54, 1.807) is 19.5 Å². The average Bonchev–Trinajstić information content (AvgIpc) is 2.37. The molecule has 0 bridgehead atoms. The minimum Gasteiger partial charge on any atom is -0.497 e. The molecule has 5 heteroatoms. The maximum absolute atomic E-state index is 5.19. The molecule has 0 aliphatic carbocycles. The number of rotatable bonds is 4. The third kappa shape index (κ3) is 3.42. The molecule has 1 heterocycles. The fourth-order valence-electron chi connectivity index (χ4n) is 1.41. The number of methoxy groups -OCH3 is 1. The second-order valence-electron chi connectivity index (χ2n) is 3.48. The number of nitrogens with zero attached hydrogens (tertiary/aromatic N) is 2. The largest absolute Gasteiger partial charge is 0.497 e. The van der Waals surface area contributed by atoms with Crippen molar-refractivity contribution in [3.05, 3.63) is 47.0 Å².